The fourth-order valence-corrected chi connectivity index (χ4v) is 4.48. The monoisotopic (exact) mass is 375 g/mol. The first-order valence-corrected chi connectivity index (χ1v) is 10.6. The molecular formula is C20H29N3O2S. The molecule has 2 aliphatic heterocycles. The van der Waals surface area contributed by atoms with E-state index < -0.39 is 0 Å². The van der Waals surface area contributed by atoms with Gasteiger partial charge in [-0.1, -0.05) is 18.2 Å². The van der Waals surface area contributed by atoms with E-state index in [-0.39, 0.29) is 11.8 Å². The summed E-state index contributed by atoms with van der Waals surface area (Å²) >= 11 is 1.59. The summed E-state index contributed by atoms with van der Waals surface area (Å²) in [6, 6.07) is 10.4. The summed E-state index contributed by atoms with van der Waals surface area (Å²) in [5, 5.41) is 0. The van der Waals surface area contributed by atoms with Crippen LogP contribution >= 0.6 is 11.8 Å². The van der Waals surface area contributed by atoms with Gasteiger partial charge in [0.15, 0.2) is 0 Å². The molecule has 0 saturated carbocycles. The Labute approximate surface area is 160 Å². The predicted octanol–water partition coefficient (Wildman–Crippen LogP) is 2.32. The van der Waals surface area contributed by atoms with Crippen molar-refractivity contribution < 1.29 is 9.59 Å². The number of benzene rings is 1. The first-order valence-electron chi connectivity index (χ1n) is 9.61. The van der Waals surface area contributed by atoms with Gasteiger partial charge in [-0.25, -0.2) is 0 Å². The van der Waals surface area contributed by atoms with Crippen LogP contribution in [0, 0.1) is 0 Å². The minimum Gasteiger partial charge on any atom is -0.339 e. The Morgan fingerprint density at radius 2 is 1.73 bits per heavy atom. The van der Waals surface area contributed by atoms with Crippen molar-refractivity contribution >= 4 is 23.6 Å². The van der Waals surface area contributed by atoms with Gasteiger partial charge in [-0.05, 0) is 38.3 Å². The zero-order valence-electron chi connectivity index (χ0n) is 15.6. The molecule has 2 saturated heterocycles. The van der Waals surface area contributed by atoms with Gasteiger partial charge in [0, 0.05) is 43.7 Å². The summed E-state index contributed by atoms with van der Waals surface area (Å²) in [5.41, 5.74) is 0. The van der Waals surface area contributed by atoms with Crippen LogP contribution in [-0.4, -0.2) is 77.6 Å². The summed E-state index contributed by atoms with van der Waals surface area (Å²) in [5.74, 6) is 0.917. The number of likely N-dealkylation sites (tertiary alicyclic amines) is 1. The zero-order chi connectivity index (χ0) is 18.4. The molecule has 0 N–H and O–H groups in total. The fourth-order valence-electron chi connectivity index (χ4n) is 3.66. The van der Waals surface area contributed by atoms with Crippen molar-refractivity contribution in [1.82, 2.24) is 14.7 Å². The van der Waals surface area contributed by atoms with Gasteiger partial charge in [0.1, 0.15) is 0 Å². The molecule has 1 atom stereocenters. The number of hydrogen-bond donors (Lipinski definition) is 0. The van der Waals surface area contributed by atoms with Gasteiger partial charge in [-0.3, -0.25) is 14.5 Å². The molecule has 1 unspecified atom stereocenters. The third kappa shape index (κ3) is 5.24. The van der Waals surface area contributed by atoms with Gasteiger partial charge in [-0.15, -0.1) is 11.8 Å². The van der Waals surface area contributed by atoms with Crippen LogP contribution in [0.5, 0.6) is 0 Å². The molecule has 0 bridgehead atoms. The summed E-state index contributed by atoms with van der Waals surface area (Å²) in [4.78, 5) is 32.2. The Hall–Kier alpha value is -1.53. The molecule has 2 aliphatic rings. The second-order valence-electron chi connectivity index (χ2n) is 7.19. The molecule has 3 rings (SSSR count). The number of piperazine rings is 1. The van der Waals surface area contributed by atoms with E-state index >= 15 is 0 Å². The van der Waals surface area contributed by atoms with E-state index in [1.54, 1.807) is 11.8 Å². The molecule has 5 nitrogen and oxygen atoms in total. The Morgan fingerprint density at radius 1 is 1.00 bits per heavy atom. The molecule has 26 heavy (non-hydrogen) atoms. The fraction of sp³-hybridized carbons (Fsp3) is 0.600. The summed E-state index contributed by atoms with van der Waals surface area (Å²) in [7, 11) is 0. The van der Waals surface area contributed by atoms with Gasteiger partial charge in [0.05, 0.1) is 12.3 Å². The third-order valence-corrected chi connectivity index (χ3v) is 6.31. The Balaban J connectivity index is 1.39. The van der Waals surface area contributed by atoms with Crippen LogP contribution in [0.15, 0.2) is 35.2 Å². The van der Waals surface area contributed by atoms with Crippen LogP contribution in [0.3, 0.4) is 0 Å². The molecule has 0 radical (unpaired) electrons. The normalized spacial score (nSPS) is 21.7. The molecule has 6 heteroatoms. The van der Waals surface area contributed by atoms with Crippen molar-refractivity contribution in [2.75, 3.05) is 45.0 Å². The van der Waals surface area contributed by atoms with Crippen molar-refractivity contribution in [2.45, 2.75) is 37.1 Å². The summed E-state index contributed by atoms with van der Waals surface area (Å²) in [6.45, 7) is 6.55. The van der Waals surface area contributed by atoms with Crippen molar-refractivity contribution in [3.05, 3.63) is 30.3 Å². The van der Waals surface area contributed by atoms with E-state index in [0.29, 0.717) is 18.3 Å². The van der Waals surface area contributed by atoms with Gasteiger partial charge < -0.3 is 9.80 Å². The van der Waals surface area contributed by atoms with Gasteiger partial charge >= 0.3 is 0 Å². The van der Waals surface area contributed by atoms with Crippen LogP contribution in [0.25, 0.3) is 0 Å². The van der Waals surface area contributed by atoms with E-state index in [9.17, 15) is 9.59 Å². The molecule has 0 spiro atoms. The maximum atomic E-state index is 12.6. The van der Waals surface area contributed by atoms with Gasteiger partial charge in [-0.2, -0.15) is 0 Å². The van der Waals surface area contributed by atoms with Gasteiger partial charge in [0.2, 0.25) is 11.8 Å². The van der Waals surface area contributed by atoms with Crippen LogP contribution in [0.4, 0.5) is 0 Å². The molecular weight excluding hydrogens is 346 g/mol. The molecule has 2 fully saturated rings. The molecule has 1 aromatic rings. The molecule has 142 valence electrons. The topological polar surface area (TPSA) is 43.9 Å². The highest BCUT2D eigenvalue weighted by molar-refractivity contribution is 8.00. The van der Waals surface area contributed by atoms with E-state index in [2.05, 4.69) is 11.8 Å². The van der Waals surface area contributed by atoms with Crippen molar-refractivity contribution in [3.63, 3.8) is 0 Å². The summed E-state index contributed by atoms with van der Waals surface area (Å²) in [6.07, 6.45) is 3.47. The molecule has 0 aromatic heterocycles. The average molecular weight is 376 g/mol. The smallest absolute Gasteiger partial charge is 0.236 e. The standard InChI is InChI=1S/C20H29N3O2S/c1-17-7-5-6-10-23(17)19(24)15-21-11-13-22(14-12-21)20(25)16-26-18-8-3-2-4-9-18/h2-4,8-9,17H,5-7,10-16H2,1H3. The molecule has 0 aliphatic carbocycles. The van der Waals surface area contributed by atoms with E-state index in [4.69, 9.17) is 0 Å². The van der Waals surface area contributed by atoms with Crippen molar-refractivity contribution in [3.8, 4) is 0 Å². The lowest BCUT2D eigenvalue weighted by molar-refractivity contribution is -0.136. The first-order chi connectivity index (χ1) is 12.6. The van der Waals surface area contributed by atoms with Crippen molar-refractivity contribution in [2.24, 2.45) is 0 Å². The highest BCUT2D eigenvalue weighted by atomic mass is 32.2. The highest BCUT2D eigenvalue weighted by Crippen LogP contribution is 2.19. The minimum atomic E-state index is 0.189. The van der Waals surface area contributed by atoms with Crippen molar-refractivity contribution in [1.29, 1.82) is 0 Å². The van der Waals surface area contributed by atoms with E-state index in [1.807, 2.05) is 40.1 Å². The minimum absolute atomic E-state index is 0.189. The van der Waals surface area contributed by atoms with Crippen LogP contribution in [0.1, 0.15) is 26.2 Å². The molecule has 2 heterocycles. The Morgan fingerprint density at radius 3 is 2.42 bits per heavy atom. The Kier molecular flexibility index (Phi) is 6.97. The highest BCUT2D eigenvalue weighted by Gasteiger charge is 2.27. The average Bonchev–Trinajstić information content (AvgIpc) is 2.68. The maximum absolute atomic E-state index is 12.6. The number of piperidine rings is 1. The summed E-state index contributed by atoms with van der Waals surface area (Å²) < 4.78 is 0. The van der Waals surface area contributed by atoms with Gasteiger partial charge in [0.25, 0.3) is 0 Å². The van der Waals surface area contributed by atoms with Crippen LogP contribution < -0.4 is 0 Å². The second kappa shape index (κ2) is 9.42. The quantitative estimate of drug-likeness (QED) is 0.741. The first kappa shape index (κ1) is 19.2. The number of amides is 2. The Bertz CT molecular complexity index is 602. The lowest BCUT2D eigenvalue weighted by atomic mass is 10.0. The SMILES string of the molecule is CC1CCCCN1C(=O)CN1CCN(C(=O)CSc2ccccc2)CC1. The number of carbonyl (C=O) groups excluding carboxylic acids is 2. The second-order valence-corrected chi connectivity index (χ2v) is 8.24. The van der Waals surface area contributed by atoms with E-state index in [0.717, 1.165) is 50.5 Å². The number of rotatable bonds is 5. The number of thioether (sulfide) groups is 1. The maximum Gasteiger partial charge on any atom is 0.236 e. The predicted molar refractivity (Wildman–Crippen MR) is 105 cm³/mol. The van der Waals surface area contributed by atoms with Crippen LogP contribution in [-0.2, 0) is 9.59 Å². The number of carbonyl (C=O) groups is 2. The lowest BCUT2D eigenvalue weighted by Gasteiger charge is -2.38. The molecule has 2 amide bonds. The largest absolute Gasteiger partial charge is 0.339 e. The third-order valence-electron chi connectivity index (χ3n) is 5.31. The number of hydrogen-bond acceptors (Lipinski definition) is 4. The lowest BCUT2D eigenvalue weighted by Crippen LogP contribution is -2.53. The van der Waals surface area contributed by atoms with E-state index in [1.165, 1.54) is 6.42 Å². The zero-order valence-corrected chi connectivity index (χ0v) is 16.4. The number of nitrogens with zero attached hydrogens (tertiary/aromatic N) is 3. The molecule has 1 aromatic carbocycles. The van der Waals surface area contributed by atoms with Crippen LogP contribution in [0.2, 0.25) is 0 Å².